The van der Waals surface area contributed by atoms with Crippen molar-refractivity contribution in [1.29, 1.82) is 0 Å². The van der Waals surface area contributed by atoms with Crippen molar-refractivity contribution in [3.8, 4) is 0 Å². The van der Waals surface area contributed by atoms with Crippen LogP contribution in [0, 0.1) is 0 Å². The van der Waals surface area contributed by atoms with Crippen molar-refractivity contribution in [2.24, 2.45) is 5.73 Å². The fraction of sp³-hybridized carbons (Fsp3) is 0.400. The van der Waals surface area contributed by atoms with Crippen LogP contribution in [0.15, 0.2) is 30.3 Å². The average Bonchev–Trinajstić information content (AvgIpc) is 2.59. The van der Waals surface area contributed by atoms with E-state index in [0.717, 1.165) is 5.56 Å². The number of hydrogen-bond donors (Lipinski definition) is 4. The molecule has 0 saturated heterocycles. The molecule has 1 aromatic carbocycles. The topological polar surface area (TPSA) is 148 Å². The summed E-state index contributed by atoms with van der Waals surface area (Å²) in [7, 11) is 1.26. The third-order valence-electron chi connectivity index (χ3n) is 2.62. The van der Waals surface area contributed by atoms with E-state index in [1.54, 1.807) is 0 Å². The van der Waals surface area contributed by atoms with Gasteiger partial charge in [0.2, 0.25) is 0 Å². The Morgan fingerprint density at radius 2 is 1.83 bits per heavy atom. The molecular formula is C15H22N2O7. The Hall–Kier alpha value is -2.65. The minimum Gasteiger partial charge on any atom is -0.480 e. The van der Waals surface area contributed by atoms with Crippen LogP contribution in [0.5, 0.6) is 0 Å². The molecule has 5 N–H and O–H groups in total. The van der Waals surface area contributed by atoms with Crippen molar-refractivity contribution >= 4 is 18.0 Å². The smallest absolute Gasteiger partial charge is 0.408 e. The van der Waals surface area contributed by atoms with Crippen LogP contribution in [0.25, 0.3) is 0 Å². The van der Waals surface area contributed by atoms with E-state index in [2.05, 4.69) is 10.1 Å². The van der Waals surface area contributed by atoms with E-state index in [0.29, 0.717) is 0 Å². The summed E-state index contributed by atoms with van der Waals surface area (Å²) in [4.78, 5) is 32.0. The van der Waals surface area contributed by atoms with Gasteiger partial charge in [0.25, 0.3) is 0 Å². The average molecular weight is 342 g/mol. The SMILES string of the molecule is COC(=O)C(C)NC(=O)OCc1ccccc1.NC(CO)C(=O)O. The van der Waals surface area contributed by atoms with Gasteiger partial charge in [-0.3, -0.25) is 4.79 Å². The summed E-state index contributed by atoms with van der Waals surface area (Å²) in [5, 5.41) is 18.3. The number of hydrogen-bond acceptors (Lipinski definition) is 7. The highest BCUT2D eigenvalue weighted by Crippen LogP contribution is 2.00. The predicted octanol–water partition coefficient (Wildman–Crippen LogP) is -0.135. The number of carbonyl (C=O) groups excluding carboxylic acids is 2. The summed E-state index contributed by atoms with van der Waals surface area (Å²) >= 11 is 0. The number of carboxylic acids is 1. The van der Waals surface area contributed by atoms with Crippen LogP contribution < -0.4 is 11.1 Å². The van der Waals surface area contributed by atoms with Gasteiger partial charge >= 0.3 is 18.0 Å². The molecule has 0 aliphatic carbocycles. The van der Waals surface area contributed by atoms with Gasteiger partial charge in [-0.2, -0.15) is 0 Å². The summed E-state index contributed by atoms with van der Waals surface area (Å²) in [6.45, 7) is 1.19. The molecular weight excluding hydrogens is 320 g/mol. The van der Waals surface area contributed by atoms with Crippen LogP contribution in [0.4, 0.5) is 4.79 Å². The zero-order valence-corrected chi connectivity index (χ0v) is 13.5. The molecule has 1 rings (SSSR count). The van der Waals surface area contributed by atoms with Gasteiger partial charge in [0.05, 0.1) is 13.7 Å². The van der Waals surface area contributed by atoms with Crippen molar-refractivity contribution in [2.45, 2.75) is 25.6 Å². The normalized spacial score (nSPS) is 12.0. The van der Waals surface area contributed by atoms with Gasteiger partial charge in [-0.05, 0) is 12.5 Å². The van der Waals surface area contributed by atoms with Crippen LogP contribution in [0.3, 0.4) is 0 Å². The minimum absolute atomic E-state index is 0.167. The number of methoxy groups -OCH3 is 1. The maximum atomic E-state index is 11.3. The Morgan fingerprint density at radius 1 is 1.25 bits per heavy atom. The Labute approximate surface area is 139 Å². The molecule has 24 heavy (non-hydrogen) atoms. The molecule has 0 bridgehead atoms. The molecule has 0 spiro atoms. The number of nitrogens with two attached hydrogens (primary N) is 1. The van der Waals surface area contributed by atoms with E-state index in [1.165, 1.54) is 14.0 Å². The number of benzene rings is 1. The molecule has 0 aromatic heterocycles. The van der Waals surface area contributed by atoms with Gasteiger partial charge in [0.1, 0.15) is 18.7 Å². The van der Waals surface area contributed by atoms with E-state index in [-0.39, 0.29) is 6.61 Å². The molecule has 0 radical (unpaired) electrons. The molecule has 2 unspecified atom stereocenters. The molecule has 0 heterocycles. The quantitative estimate of drug-likeness (QED) is 0.522. The Balaban J connectivity index is 0.000000640. The lowest BCUT2D eigenvalue weighted by Crippen LogP contribution is -2.39. The summed E-state index contributed by atoms with van der Waals surface area (Å²) in [5.74, 6) is -1.69. The molecule has 9 nitrogen and oxygen atoms in total. The Morgan fingerprint density at radius 3 is 2.25 bits per heavy atom. The molecule has 0 aliphatic rings. The van der Waals surface area contributed by atoms with Gasteiger partial charge < -0.3 is 30.7 Å². The van der Waals surface area contributed by atoms with Crippen LogP contribution >= 0.6 is 0 Å². The number of esters is 1. The second-order valence-corrected chi connectivity index (χ2v) is 4.58. The maximum Gasteiger partial charge on any atom is 0.408 e. The van der Waals surface area contributed by atoms with Crippen LogP contribution in [-0.4, -0.2) is 54.0 Å². The second-order valence-electron chi connectivity index (χ2n) is 4.58. The first-order chi connectivity index (χ1) is 11.3. The number of ether oxygens (including phenoxy) is 2. The molecule has 1 amide bonds. The zero-order valence-electron chi connectivity index (χ0n) is 13.5. The molecule has 1 aromatic rings. The standard InChI is InChI=1S/C12H15NO4.C3H7NO3/c1-9(11(14)16-2)13-12(15)17-8-10-6-4-3-5-7-10;4-2(1-5)3(6)7/h3-7,9H,8H2,1-2H3,(H,13,15);2,5H,1,4H2,(H,6,7). The Kier molecular flexibility index (Phi) is 10.5. The number of carboxylic acid groups (broad SMARTS) is 1. The first-order valence-corrected chi connectivity index (χ1v) is 6.96. The van der Waals surface area contributed by atoms with E-state index in [9.17, 15) is 14.4 Å². The van der Waals surface area contributed by atoms with Crippen molar-refractivity contribution in [3.63, 3.8) is 0 Å². The first-order valence-electron chi connectivity index (χ1n) is 6.96. The number of rotatable bonds is 6. The first kappa shape index (κ1) is 21.4. The third kappa shape index (κ3) is 9.38. The monoisotopic (exact) mass is 342 g/mol. The number of alkyl carbamates (subject to hydrolysis) is 1. The Bertz CT molecular complexity index is 522. The molecule has 2 atom stereocenters. The number of aliphatic hydroxyl groups is 1. The van der Waals surface area contributed by atoms with Gasteiger partial charge in [0, 0.05) is 0 Å². The highest BCUT2D eigenvalue weighted by atomic mass is 16.6. The molecule has 134 valence electrons. The number of carbonyl (C=O) groups is 3. The number of amides is 1. The van der Waals surface area contributed by atoms with Crippen LogP contribution in [0.2, 0.25) is 0 Å². The molecule has 0 fully saturated rings. The highest BCUT2D eigenvalue weighted by molar-refractivity contribution is 5.80. The third-order valence-corrected chi connectivity index (χ3v) is 2.62. The lowest BCUT2D eigenvalue weighted by atomic mass is 10.2. The fourth-order valence-corrected chi connectivity index (χ4v) is 1.26. The largest absolute Gasteiger partial charge is 0.480 e. The van der Waals surface area contributed by atoms with E-state index in [4.69, 9.17) is 20.7 Å². The summed E-state index contributed by atoms with van der Waals surface area (Å²) < 4.78 is 9.40. The second kappa shape index (κ2) is 11.9. The molecule has 0 aliphatic heterocycles. The lowest BCUT2D eigenvalue weighted by Gasteiger charge is -2.11. The number of aliphatic carboxylic acids is 1. The predicted molar refractivity (Wildman–Crippen MR) is 83.9 cm³/mol. The van der Waals surface area contributed by atoms with Crippen molar-refractivity contribution in [3.05, 3.63) is 35.9 Å². The van der Waals surface area contributed by atoms with Gasteiger partial charge in [-0.15, -0.1) is 0 Å². The van der Waals surface area contributed by atoms with Crippen LogP contribution in [0.1, 0.15) is 12.5 Å². The van der Waals surface area contributed by atoms with Crippen LogP contribution in [-0.2, 0) is 25.7 Å². The fourth-order valence-electron chi connectivity index (χ4n) is 1.26. The van der Waals surface area contributed by atoms with E-state index in [1.807, 2.05) is 30.3 Å². The molecule has 0 saturated carbocycles. The van der Waals surface area contributed by atoms with Crippen molar-refractivity contribution in [1.82, 2.24) is 5.32 Å². The minimum atomic E-state index is -1.18. The lowest BCUT2D eigenvalue weighted by molar-refractivity contribution is -0.142. The van der Waals surface area contributed by atoms with Gasteiger partial charge in [0.15, 0.2) is 0 Å². The van der Waals surface area contributed by atoms with E-state index >= 15 is 0 Å². The van der Waals surface area contributed by atoms with Gasteiger partial charge in [-0.1, -0.05) is 30.3 Å². The van der Waals surface area contributed by atoms with Gasteiger partial charge in [-0.25, -0.2) is 9.59 Å². The summed E-state index contributed by atoms with van der Waals surface area (Å²) in [6, 6.07) is 7.43. The number of aliphatic hydroxyl groups excluding tert-OH is 1. The zero-order chi connectivity index (χ0) is 18.5. The summed E-state index contributed by atoms with van der Waals surface area (Å²) in [6.07, 6.45) is -0.647. The molecule has 9 heteroatoms. The van der Waals surface area contributed by atoms with Crippen molar-refractivity contribution < 1.29 is 34.1 Å². The van der Waals surface area contributed by atoms with Crippen molar-refractivity contribution in [2.75, 3.05) is 13.7 Å². The highest BCUT2D eigenvalue weighted by Gasteiger charge is 2.16. The number of nitrogens with one attached hydrogen (secondary N) is 1. The summed E-state index contributed by atoms with van der Waals surface area (Å²) in [5.41, 5.74) is 5.65. The maximum absolute atomic E-state index is 11.3. The van der Waals surface area contributed by atoms with E-state index < -0.39 is 36.7 Å².